The van der Waals surface area contributed by atoms with Gasteiger partial charge in [0.25, 0.3) is 5.91 Å². The van der Waals surface area contributed by atoms with Gasteiger partial charge in [-0.25, -0.2) is 0 Å². The fourth-order valence-electron chi connectivity index (χ4n) is 2.45. The van der Waals surface area contributed by atoms with Crippen molar-refractivity contribution in [3.05, 3.63) is 66.2 Å². The predicted molar refractivity (Wildman–Crippen MR) is 101 cm³/mol. The number of benzene rings is 2. The van der Waals surface area contributed by atoms with E-state index in [1.807, 2.05) is 57.2 Å². The molecule has 2 aromatic carbocycles. The summed E-state index contributed by atoms with van der Waals surface area (Å²) in [6, 6.07) is 13.2. The fraction of sp³-hybridized carbons (Fsp3) is 0.286. The van der Waals surface area contributed by atoms with Crippen LogP contribution >= 0.6 is 0 Å². The lowest BCUT2D eigenvalue weighted by molar-refractivity contribution is -0.122. The lowest BCUT2D eigenvalue weighted by Gasteiger charge is -2.19. The number of rotatable bonds is 8. The molecule has 0 fully saturated rings. The van der Waals surface area contributed by atoms with Gasteiger partial charge in [0.05, 0.1) is 0 Å². The highest BCUT2D eigenvalue weighted by molar-refractivity contribution is 5.94. The summed E-state index contributed by atoms with van der Waals surface area (Å²) in [5.74, 6) is 1.24. The summed E-state index contributed by atoms with van der Waals surface area (Å²) in [5.41, 5.74) is 2.86. The van der Waals surface area contributed by atoms with Gasteiger partial charge in [-0.1, -0.05) is 43.3 Å². The van der Waals surface area contributed by atoms with E-state index in [9.17, 15) is 4.79 Å². The number of hydrogen-bond acceptors (Lipinski definition) is 3. The van der Waals surface area contributed by atoms with Crippen LogP contribution in [0.1, 0.15) is 24.5 Å². The van der Waals surface area contributed by atoms with Gasteiger partial charge in [-0.15, -0.1) is 0 Å². The molecule has 1 amide bonds. The van der Waals surface area contributed by atoms with Gasteiger partial charge < -0.3 is 14.8 Å². The summed E-state index contributed by atoms with van der Waals surface area (Å²) < 4.78 is 11.4. The second-order valence-electron chi connectivity index (χ2n) is 5.90. The zero-order valence-corrected chi connectivity index (χ0v) is 15.0. The number of carbonyl (C=O) groups is 1. The van der Waals surface area contributed by atoms with Crippen LogP contribution in [0.25, 0.3) is 0 Å². The lowest BCUT2D eigenvalue weighted by atomic mass is 10.1. The van der Waals surface area contributed by atoms with E-state index in [1.165, 1.54) is 5.56 Å². The topological polar surface area (TPSA) is 47.6 Å². The van der Waals surface area contributed by atoms with Gasteiger partial charge in [0, 0.05) is 11.8 Å². The molecule has 0 saturated heterocycles. The standard InChI is InChI=1S/C21H25NO3/c1-5-12-24-18-9-7-8-17(14-18)22-21(23)19(6-2)25-20-11-10-15(3)13-16(20)4/h5,7-11,13-14,19H,1,6,12H2,2-4H3,(H,22,23)/t19-/m0/s1. The predicted octanol–water partition coefficient (Wildman–Crippen LogP) is 4.66. The molecular weight excluding hydrogens is 314 g/mol. The van der Waals surface area contributed by atoms with Gasteiger partial charge in [-0.3, -0.25) is 4.79 Å². The highest BCUT2D eigenvalue weighted by Crippen LogP contribution is 2.22. The maximum Gasteiger partial charge on any atom is 0.265 e. The molecule has 0 bridgehead atoms. The van der Waals surface area contributed by atoms with Gasteiger partial charge in [-0.2, -0.15) is 0 Å². The van der Waals surface area contributed by atoms with Crippen LogP contribution in [0.3, 0.4) is 0 Å². The molecule has 0 saturated carbocycles. The summed E-state index contributed by atoms with van der Waals surface area (Å²) >= 11 is 0. The van der Waals surface area contributed by atoms with E-state index in [1.54, 1.807) is 12.1 Å². The summed E-state index contributed by atoms with van der Waals surface area (Å²) in [4.78, 5) is 12.6. The number of anilines is 1. The average molecular weight is 339 g/mol. The van der Waals surface area contributed by atoms with Crippen LogP contribution in [0.2, 0.25) is 0 Å². The smallest absolute Gasteiger partial charge is 0.265 e. The quantitative estimate of drug-likeness (QED) is 0.711. The van der Waals surface area contributed by atoms with E-state index < -0.39 is 6.10 Å². The Labute approximate surface area is 149 Å². The van der Waals surface area contributed by atoms with Crippen molar-refractivity contribution < 1.29 is 14.3 Å². The lowest BCUT2D eigenvalue weighted by Crippen LogP contribution is -2.32. The number of hydrogen-bond donors (Lipinski definition) is 1. The van der Waals surface area contributed by atoms with Crippen molar-refractivity contribution in [2.45, 2.75) is 33.3 Å². The molecule has 0 heterocycles. The summed E-state index contributed by atoms with van der Waals surface area (Å²) in [5, 5.41) is 2.89. The molecule has 0 spiro atoms. The maximum atomic E-state index is 12.6. The Morgan fingerprint density at radius 1 is 1.24 bits per heavy atom. The number of carbonyl (C=O) groups excluding carboxylic acids is 1. The van der Waals surface area contributed by atoms with Crippen LogP contribution in [-0.2, 0) is 4.79 Å². The van der Waals surface area contributed by atoms with Crippen LogP contribution in [-0.4, -0.2) is 18.6 Å². The minimum absolute atomic E-state index is 0.177. The van der Waals surface area contributed by atoms with Crippen molar-refractivity contribution in [3.8, 4) is 11.5 Å². The third-order valence-corrected chi connectivity index (χ3v) is 3.73. The van der Waals surface area contributed by atoms with Crippen molar-refractivity contribution in [2.24, 2.45) is 0 Å². The number of ether oxygens (including phenoxy) is 2. The summed E-state index contributed by atoms with van der Waals surface area (Å²) in [7, 11) is 0. The molecular formula is C21H25NO3. The molecule has 2 aromatic rings. The van der Waals surface area contributed by atoms with Crippen molar-refractivity contribution in [1.82, 2.24) is 0 Å². The number of aryl methyl sites for hydroxylation is 2. The van der Waals surface area contributed by atoms with E-state index in [4.69, 9.17) is 9.47 Å². The van der Waals surface area contributed by atoms with Crippen molar-refractivity contribution in [2.75, 3.05) is 11.9 Å². The third-order valence-electron chi connectivity index (χ3n) is 3.73. The highest BCUT2D eigenvalue weighted by atomic mass is 16.5. The Bertz CT molecular complexity index is 740. The SMILES string of the molecule is C=CCOc1cccc(NC(=O)[C@H](CC)Oc2ccc(C)cc2C)c1. The molecule has 0 unspecified atom stereocenters. The molecule has 0 aliphatic carbocycles. The molecule has 0 aromatic heterocycles. The Morgan fingerprint density at radius 3 is 2.72 bits per heavy atom. The molecule has 25 heavy (non-hydrogen) atoms. The number of amides is 1. The van der Waals surface area contributed by atoms with Crippen molar-refractivity contribution in [1.29, 1.82) is 0 Å². The Balaban J connectivity index is 2.05. The summed E-state index contributed by atoms with van der Waals surface area (Å²) in [6.45, 7) is 9.98. The minimum Gasteiger partial charge on any atom is -0.489 e. The van der Waals surface area contributed by atoms with Gasteiger partial charge in [0.2, 0.25) is 0 Å². The van der Waals surface area contributed by atoms with E-state index in [0.717, 1.165) is 11.3 Å². The molecule has 0 aliphatic heterocycles. The van der Waals surface area contributed by atoms with Crippen LogP contribution in [0.5, 0.6) is 11.5 Å². The minimum atomic E-state index is -0.556. The molecule has 0 aliphatic rings. The Hall–Kier alpha value is -2.75. The Morgan fingerprint density at radius 2 is 2.04 bits per heavy atom. The van der Waals surface area contributed by atoms with Crippen LogP contribution in [0.4, 0.5) is 5.69 Å². The first kappa shape index (κ1) is 18.6. The number of nitrogens with one attached hydrogen (secondary N) is 1. The Kier molecular flexibility index (Phi) is 6.63. The zero-order valence-electron chi connectivity index (χ0n) is 15.0. The van der Waals surface area contributed by atoms with E-state index in [-0.39, 0.29) is 5.91 Å². The first-order valence-corrected chi connectivity index (χ1v) is 8.42. The molecule has 0 radical (unpaired) electrons. The van der Waals surface area contributed by atoms with Crippen molar-refractivity contribution in [3.63, 3.8) is 0 Å². The molecule has 1 N–H and O–H groups in total. The fourth-order valence-corrected chi connectivity index (χ4v) is 2.45. The average Bonchev–Trinajstić information content (AvgIpc) is 2.59. The first-order chi connectivity index (χ1) is 12.0. The first-order valence-electron chi connectivity index (χ1n) is 8.42. The van der Waals surface area contributed by atoms with Gasteiger partial charge in [0.1, 0.15) is 18.1 Å². The van der Waals surface area contributed by atoms with Crippen LogP contribution in [0.15, 0.2) is 55.1 Å². The summed E-state index contributed by atoms with van der Waals surface area (Å²) in [6.07, 6.45) is 1.70. The molecule has 4 nitrogen and oxygen atoms in total. The van der Waals surface area contributed by atoms with Crippen molar-refractivity contribution >= 4 is 11.6 Å². The van der Waals surface area contributed by atoms with Crippen LogP contribution < -0.4 is 14.8 Å². The zero-order chi connectivity index (χ0) is 18.2. The third kappa shape index (κ3) is 5.38. The monoisotopic (exact) mass is 339 g/mol. The normalized spacial score (nSPS) is 11.5. The molecule has 132 valence electrons. The maximum absolute atomic E-state index is 12.6. The second-order valence-corrected chi connectivity index (χ2v) is 5.90. The molecule has 2 rings (SSSR count). The van der Waals surface area contributed by atoms with Gasteiger partial charge in [-0.05, 0) is 44.0 Å². The highest BCUT2D eigenvalue weighted by Gasteiger charge is 2.19. The van der Waals surface area contributed by atoms with E-state index >= 15 is 0 Å². The second kappa shape index (κ2) is 8.92. The molecule has 1 atom stereocenters. The van der Waals surface area contributed by atoms with E-state index in [0.29, 0.717) is 24.5 Å². The van der Waals surface area contributed by atoms with Gasteiger partial charge >= 0.3 is 0 Å². The van der Waals surface area contributed by atoms with Gasteiger partial charge in [0.15, 0.2) is 6.10 Å². The largest absolute Gasteiger partial charge is 0.489 e. The molecule has 4 heteroatoms. The van der Waals surface area contributed by atoms with E-state index in [2.05, 4.69) is 11.9 Å². The van der Waals surface area contributed by atoms with Crippen LogP contribution in [0, 0.1) is 13.8 Å².